The van der Waals surface area contributed by atoms with Gasteiger partial charge in [0.2, 0.25) is 0 Å². The van der Waals surface area contributed by atoms with Crippen LogP contribution < -0.4 is 4.90 Å². The Kier molecular flexibility index (Phi) is 5.78. The summed E-state index contributed by atoms with van der Waals surface area (Å²) in [5, 5.41) is 9.68. The minimum atomic E-state index is 0.898. The third kappa shape index (κ3) is 4.17. The molecular weight excluding hydrogens is 591 g/mol. The van der Waals surface area contributed by atoms with Crippen LogP contribution >= 0.6 is 11.3 Å². The second-order valence-electron chi connectivity index (χ2n) is 12.1. The SMILES string of the molecule is c1ccc(-c2ccc(N(c3ccc4c(c3)sc3ccccc34)c3cc4ccccc4c4cc5c(cc34)oc3ccccc35)cc2)cc1. The Bertz CT molecular complexity index is 2790. The van der Waals surface area contributed by atoms with E-state index in [1.54, 1.807) is 0 Å². The first-order valence-electron chi connectivity index (χ1n) is 15.9. The van der Waals surface area contributed by atoms with Gasteiger partial charge < -0.3 is 9.32 Å². The number of furan rings is 1. The first kappa shape index (κ1) is 26.3. The van der Waals surface area contributed by atoms with E-state index in [1.807, 2.05) is 17.4 Å². The van der Waals surface area contributed by atoms with Crippen LogP contribution in [0.15, 0.2) is 168 Å². The summed E-state index contributed by atoms with van der Waals surface area (Å²) in [6.45, 7) is 0. The largest absolute Gasteiger partial charge is 0.456 e. The van der Waals surface area contributed by atoms with Crippen molar-refractivity contribution in [2.45, 2.75) is 0 Å². The van der Waals surface area contributed by atoms with Gasteiger partial charge in [0.05, 0.1) is 5.69 Å². The molecule has 2 heterocycles. The first-order valence-corrected chi connectivity index (χ1v) is 16.7. The molecule has 2 nitrogen and oxygen atoms in total. The molecule has 0 aliphatic rings. The molecule has 0 bridgehead atoms. The van der Waals surface area contributed by atoms with Crippen LogP contribution in [0.25, 0.3) is 74.8 Å². The lowest BCUT2D eigenvalue weighted by Crippen LogP contribution is -2.10. The highest BCUT2D eigenvalue weighted by Gasteiger charge is 2.20. The van der Waals surface area contributed by atoms with Gasteiger partial charge in [-0.25, -0.2) is 0 Å². The minimum absolute atomic E-state index is 0.898. The van der Waals surface area contributed by atoms with Crippen LogP contribution in [0.3, 0.4) is 0 Å². The van der Waals surface area contributed by atoms with Crippen LogP contribution in [-0.4, -0.2) is 0 Å². The van der Waals surface area contributed by atoms with E-state index in [4.69, 9.17) is 4.42 Å². The zero-order valence-electron chi connectivity index (χ0n) is 25.4. The normalized spacial score (nSPS) is 11.8. The maximum absolute atomic E-state index is 6.46. The molecule has 47 heavy (non-hydrogen) atoms. The van der Waals surface area contributed by atoms with E-state index < -0.39 is 0 Å². The fraction of sp³-hybridized carbons (Fsp3) is 0. The Labute approximate surface area is 275 Å². The zero-order valence-corrected chi connectivity index (χ0v) is 26.2. The van der Waals surface area contributed by atoms with Crippen LogP contribution in [0.1, 0.15) is 0 Å². The van der Waals surface area contributed by atoms with Crippen LogP contribution in [0.2, 0.25) is 0 Å². The highest BCUT2D eigenvalue weighted by molar-refractivity contribution is 7.25. The topological polar surface area (TPSA) is 16.4 Å². The van der Waals surface area contributed by atoms with Crippen molar-refractivity contribution in [3.05, 3.63) is 164 Å². The number of anilines is 3. The molecule has 220 valence electrons. The molecular formula is C44H27NOS. The Morgan fingerprint density at radius 1 is 0.383 bits per heavy atom. The molecule has 10 aromatic rings. The Balaban J connectivity index is 1.27. The summed E-state index contributed by atoms with van der Waals surface area (Å²) in [6.07, 6.45) is 0. The fourth-order valence-corrected chi connectivity index (χ4v) is 8.34. The number of para-hydroxylation sites is 1. The minimum Gasteiger partial charge on any atom is -0.456 e. The Morgan fingerprint density at radius 2 is 1.06 bits per heavy atom. The van der Waals surface area contributed by atoms with Crippen molar-refractivity contribution in [1.82, 2.24) is 0 Å². The van der Waals surface area contributed by atoms with Gasteiger partial charge in [-0.15, -0.1) is 11.3 Å². The van der Waals surface area contributed by atoms with Gasteiger partial charge in [0, 0.05) is 47.7 Å². The average molecular weight is 618 g/mol. The number of hydrogen-bond acceptors (Lipinski definition) is 3. The van der Waals surface area contributed by atoms with Crippen LogP contribution in [0, 0.1) is 0 Å². The molecule has 0 spiro atoms. The summed E-state index contributed by atoms with van der Waals surface area (Å²) in [4.78, 5) is 2.42. The number of benzene rings is 8. The molecule has 0 aliphatic carbocycles. The lowest BCUT2D eigenvalue weighted by Gasteiger charge is -2.28. The van der Waals surface area contributed by atoms with Crippen molar-refractivity contribution in [3.63, 3.8) is 0 Å². The molecule has 0 saturated heterocycles. The zero-order chi connectivity index (χ0) is 30.9. The van der Waals surface area contributed by atoms with Crippen LogP contribution in [-0.2, 0) is 0 Å². The van der Waals surface area contributed by atoms with Gasteiger partial charge in [-0.1, -0.05) is 109 Å². The van der Waals surface area contributed by atoms with E-state index in [0.29, 0.717) is 0 Å². The van der Waals surface area contributed by atoms with E-state index >= 15 is 0 Å². The van der Waals surface area contributed by atoms with Crippen molar-refractivity contribution >= 4 is 92.1 Å². The van der Waals surface area contributed by atoms with Crippen LogP contribution in [0.4, 0.5) is 17.1 Å². The van der Waals surface area contributed by atoms with Gasteiger partial charge in [0.25, 0.3) is 0 Å². The number of rotatable bonds is 4. The van der Waals surface area contributed by atoms with E-state index in [1.165, 1.54) is 47.5 Å². The number of fused-ring (bicyclic) bond motifs is 9. The van der Waals surface area contributed by atoms with Gasteiger partial charge in [-0.05, 0) is 81.9 Å². The van der Waals surface area contributed by atoms with Crippen molar-refractivity contribution in [3.8, 4) is 11.1 Å². The molecule has 0 amide bonds. The second kappa shape index (κ2) is 10.3. The van der Waals surface area contributed by atoms with E-state index in [9.17, 15) is 0 Å². The van der Waals surface area contributed by atoms with Gasteiger partial charge >= 0.3 is 0 Å². The molecule has 0 atom stereocenters. The summed E-state index contributed by atoms with van der Waals surface area (Å²) < 4.78 is 9.04. The second-order valence-corrected chi connectivity index (χ2v) is 13.2. The lowest BCUT2D eigenvalue weighted by atomic mass is 9.97. The number of hydrogen-bond donors (Lipinski definition) is 0. The number of nitrogens with zero attached hydrogens (tertiary/aromatic N) is 1. The maximum atomic E-state index is 6.46. The van der Waals surface area contributed by atoms with Crippen LogP contribution in [0.5, 0.6) is 0 Å². The van der Waals surface area contributed by atoms with Gasteiger partial charge in [-0.2, -0.15) is 0 Å². The first-order chi connectivity index (χ1) is 23.3. The van der Waals surface area contributed by atoms with Crippen molar-refractivity contribution in [2.75, 3.05) is 4.90 Å². The van der Waals surface area contributed by atoms with E-state index in [0.717, 1.165) is 44.4 Å². The monoisotopic (exact) mass is 617 g/mol. The molecule has 0 fully saturated rings. The maximum Gasteiger partial charge on any atom is 0.136 e. The average Bonchev–Trinajstić information content (AvgIpc) is 3.69. The molecule has 8 aromatic carbocycles. The highest BCUT2D eigenvalue weighted by atomic mass is 32.1. The van der Waals surface area contributed by atoms with E-state index in [-0.39, 0.29) is 0 Å². The molecule has 0 saturated carbocycles. The Morgan fingerprint density at radius 3 is 1.94 bits per heavy atom. The summed E-state index contributed by atoms with van der Waals surface area (Å²) in [5.74, 6) is 0. The third-order valence-corrected chi connectivity index (χ3v) is 10.6. The predicted octanol–water partition coefficient (Wildman–Crippen LogP) is 13.4. The van der Waals surface area contributed by atoms with Gasteiger partial charge in [0.15, 0.2) is 0 Å². The molecule has 0 aliphatic heterocycles. The molecule has 2 aromatic heterocycles. The Hall–Kier alpha value is -5.90. The fourth-order valence-electron chi connectivity index (χ4n) is 7.20. The summed E-state index contributed by atoms with van der Waals surface area (Å²) in [7, 11) is 0. The molecule has 3 heteroatoms. The molecule has 0 radical (unpaired) electrons. The number of thiophene rings is 1. The highest BCUT2D eigenvalue weighted by Crippen LogP contribution is 2.46. The van der Waals surface area contributed by atoms with E-state index in [2.05, 4.69) is 163 Å². The molecule has 0 N–H and O–H groups in total. The summed E-state index contributed by atoms with van der Waals surface area (Å²) >= 11 is 1.85. The smallest absolute Gasteiger partial charge is 0.136 e. The molecule has 10 rings (SSSR count). The predicted molar refractivity (Wildman–Crippen MR) is 202 cm³/mol. The standard InChI is InChI=1S/C44H27NOS/c1-2-10-28(11-3-1)29-18-20-31(21-19-29)45(32-22-23-36-35-15-7-9-17-43(35)47-44(36)25-32)40-24-30-12-4-5-13-33(30)37-26-39-34-14-6-8-16-41(34)46-42(39)27-38(37)40/h1-27H. The summed E-state index contributed by atoms with van der Waals surface area (Å²) in [6, 6.07) is 59.1. The summed E-state index contributed by atoms with van der Waals surface area (Å²) in [5.41, 5.74) is 7.56. The third-order valence-electron chi connectivity index (χ3n) is 9.43. The van der Waals surface area contributed by atoms with Crippen molar-refractivity contribution < 1.29 is 4.42 Å². The lowest BCUT2D eigenvalue weighted by molar-refractivity contribution is 0.669. The van der Waals surface area contributed by atoms with Crippen molar-refractivity contribution in [2.24, 2.45) is 0 Å². The van der Waals surface area contributed by atoms with Gasteiger partial charge in [0.1, 0.15) is 11.2 Å². The van der Waals surface area contributed by atoms with Crippen molar-refractivity contribution in [1.29, 1.82) is 0 Å². The quantitative estimate of drug-likeness (QED) is 0.183. The molecule has 0 unspecified atom stereocenters. The van der Waals surface area contributed by atoms with Gasteiger partial charge in [-0.3, -0.25) is 0 Å².